The molecule has 3 rings (SSSR count). The van der Waals surface area contributed by atoms with Crippen LogP contribution in [-0.2, 0) is 23.2 Å². The van der Waals surface area contributed by atoms with Crippen LogP contribution in [0, 0.1) is 6.92 Å². The van der Waals surface area contributed by atoms with Crippen LogP contribution >= 0.6 is 0 Å². The topological polar surface area (TPSA) is 76.9 Å². The van der Waals surface area contributed by atoms with Gasteiger partial charge in [-0.2, -0.15) is 18.3 Å². The van der Waals surface area contributed by atoms with Crippen molar-refractivity contribution in [2.75, 3.05) is 4.72 Å². The summed E-state index contributed by atoms with van der Waals surface area (Å²) in [5, 5.41) is 5.08. The molecular formula is C15H13F3N4O2S. The molecule has 0 saturated carbocycles. The fraction of sp³-hybridized carbons (Fsp3) is 0.200. The highest BCUT2D eigenvalue weighted by Crippen LogP contribution is 2.30. The molecule has 0 radical (unpaired) electrons. The molecule has 25 heavy (non-hydrogen) atoms. The molecule has 1 N–H and O–H groups in total. The minimum Gasteiger partial charge on any atom is -0.280 e. The van der Waals surface area contributed by atoms with Gasteiger partial charge in [0.05, 0.1) is 22.5 Å². The van der Waals surface area contributed by atoms with E-state index in [4.69, 9.17) is 0 Å². The van der Waals surface area contributed by atoms with Gasteiger partial charge in [-0.15, -0.1) is 0 Å². The third-order valence-electron chi connectivity index (χ3n) is 3.64. The lowest BCUT2D eigenvalue weighted by Crippen LogP contribution is -2.15. The Balaban J connectivity index is 1.98. The molecule has 132 valence electrons. The maximum absolute atomic E-state index is 12.7. The Kier molecular flexibility index (Phi) is 3.94. The molecule has 0 saturated heterocycles. The Labute approximate surface area is 141 Å². The quantitative estimate of drug-likeness (QED) is 0.769. The molecule has 0 amide bonds. The Morgan fingerprint density at radius 1 is 1.16 bits per heavy atom. The number of sulfonamides is 1. The second kappa shape index (κ2) is 5.73. The maximum atomic E-state index is 12.7. The summed E-state index contributed by atoms with van der Waals surface area (Å²) < 4.78 is 66.8. The molecule has 0 aliphatic carbocycles. The van der Waals surface area contributed by atoms with E-state index >= 15 is 0 Å². The first-order valence-electron chi connectivity index (χ1n) is 7.06. The minimum absolute atomic E-state index is 0.216. The van der Waals surface area contributed by atoms with Gasteiger partial charge in [-0.1, -0.05) is 0 Å². The molecule has 1 aromatic carbocycles. The zero-order valence-electron chi connectivity index (χ0n) is 13.2. The molecule has 2 heterocycles. The Morgan fingerprint density at radius 3 is 2.56 bits per heavy atom. The molecular weight excluding hydrogens is 357 g/mol. The van der Waals surface area contributed by atoms with E-state index in [2.05, 4.69) is 14.8 Å². The van der Waals surface area contributed by atoms with Crippen molar-refractivity contribution in [3.8, 4) is 0 Å². The maximum Gasteiger partial charge on any atom is 0.417 e. The molecule has 0 atom stereocenters. The van der Waals surface area contributed by atoms with Crippen molar-refractivity contribution in [3.63, 3.8) is 0 Å². The van der Waals surface area contributed by atoms with Crippen molar-refractivity contribution in [2.45, 2.75) is 18.0 Å². The summed E-state index contributed by atoms with van der Waals surface area (Å²) in [5.41, 5.74) is 0.565. The SMILES string of the molecule is Cc1nn(C)c2cc(NS(=O)(=O)c3cncc(C(F)(F)F)c3)ccc12. The van der Waals surface area contributed by atoms with E-state index in [1.165, 1.54) is 6.07 Å². The summed E-state index contributed by atoms with van der Waals surface area (Å²) in [6.07, 6.45) is -3.24. The first-order chi connectivity index (χ1) is 11.6. The summed E-state index contributed by atoms with van der Waals surface area (Å²) in [6.45, 7) is 1.82. The van der Waals surface area contributed by atoms with E-state index < -0.39 is 26.7 Å². The van der Waals surface area contributed by atoms with Crippen molar-refractivity contribution in [1.82, 2.24) is 14.8 Å². The van der Waals surface area contributed by atoms with Crippen molar-refractivity contribution in [3.05, 3.63) is 47.9 Å². The zero-order chi connectivity index (χ0) is 18.4. The van der Waals surface area contributed by atoms with Gasteiger partial charge < -0.3 is 0 Å². The van der Waals surface area contributed by atoms with Crippen LogP contribution in [0.15, 0.2) is 41.6 Å². The molecule has 2 aromatic heterocycles. The normalized spacial score (nSPS) is 12.5. The Bertz CT molecular complexity index is 1060. The molecule has 0 unspecified atom stereocenters. The number of halogens is 3. The Morgan fingerprint density at radius 2 is 1.88 bits per heavy atom. The number of pyridine rings is 1. The van der Waals surface area contributed by atoms with Crippen molar-refractivity contribution >= 4 is 26.6 Å². The monoisotopic (exact) mass is 370 g/mol. The Hall–Kier alpha value is -2.62. The van der Waals surface area contributed by atoms with E-state index in [-0.39, 0.29) is 5.69 Å². The summed E-state index contributed by atoms with van der Waals surface area (Å²) >= 11 is 0. The van der Waals surface area contributed by atoms with Gasteiger partial charge in [-0.05, 0) is 31.2 Å². The summed E-state index contributed by atoms with van der Waals surface area (Å²) in [4.78, 5) is 2.81. The lowest BCUT2D eigenvalue weighted by atomic mass is 10.2. The number of hydrogen-bond donors (Lipinski definition) is 1. The molecule has 0 aliphatic heterocycles. The lowest BCUT2D eigenvalue weighted by molar-refractivity contribution is -0.138. The van der Waals surface area contributed by atoms with E-state index in [0.29, 0.717) is 17.8 Å². The number of aromatic nitrogens is 3. The van der Waals surface area contributed by atoms with Gasteiger partial charge in [-0.3, -0.25) is 14.4 Å². The number of hydrogen-bond acceptors (Lipinski definition) is 4. The average Bonchev–Trinajstić information content (AvgIpc) is 2.80. The number of alkyl halides is 3. The molecule has 0 spiro atoms. The molecule has 3 aromatic rings. The highest BCUT2D eigenvalue weighted by Gasteiger charge is 2.32. The summed E-state index contributed by atoms with van der Waals surface area (Å²) in [6, 6.07) is 5.32. The number of nitrogens with one attached hydrogen (secondary N) is 1. The number of fused-ring (bicyclic) bond motifs is 1. The van der Waals surface area contributed by atoms with E-state index in [0.717, 1.165) is 17.3 Å². The standard InChI is InChI=1S/C15H13F3N4O2S/c1-9-13-4-3-11(6-14(13)22(2)20-9)21-25(23,24)12-5-10(7-19-8-12)15(16,17)18/h3-8,21H,1-2H3. The zero-order valence-corrected chi connectivity index (χ0v) is 14.0. The number of aryl methyl sites for hydroxylation is 2. The van der Waals surface area contributed by atoms with Gasteiger partial charge >= 0.3 is 6.18 Å². The van der Waals surface area contributed by atoms with Gasteiger partial charge in [0, 0.05) is 24.8 Å². The van der Waals surface area contributed by atoms with Gasteiger partial charge in [0.15, 0.2) is 0 Å². The summed E-state index contributed by atoms with van der Waals surface area (Å²) in [5.74, 6) is 0. The highest BCUT2D eigenvalue weighted by atomic mass is 32.2. The van der Waals surface area contributed by atoms with Crippen molar-refractivity contribution in [1.29, 1.82) is 0 Å². The van der Waals surface area contributed by atoms with Crippen LogP contribution in [0.3, 0.4) is 0 Å². The first-order valence-corrected chi connectivity index (χ1v) is 8.55. The van der Waals surface area contributed by atoms with Crippen molar-refractivity contribution < 1.29 is 21.6 Å². The van der Waals surface area contributed by atoms with Crippen LogP contribution in [0.4, 0.5) is 18.9 Å². The molecule has 0 aliphatic rings. The summed E-state index contributed by atoms with van der Waals surface area (Å²) in [7, 11) is -2.50. The molecule has 0 fully saturated rings. The second-order valence-electron chi connectivity index (χ2n) is 5.45. The van der Waals surface area contributed by atoms with Crippen LogP contribution in [0.2, 0.25) is 0 Å². The predicted molar refractivity (Wildman–Crippen MR) is 85.5 cm³/mol. The van der Waals surface area contributed by atoms with Crippen LogP contribution in [0.5, 0.6) is 0 Å². The van der Waals surface area contributed by atoms with Gasteiger partial charge in [0.1, 0.15) is 4.90 Å². The van der Waals surface area contributed by atoms with E-state index in [9.17, 15) is 21.6 Å². The lowest BCUT2D eigenvalue weighted by Gasteiger charge is -2.11. The fourth-order valence-corrected chi connectivity index (χ4v) is 3.47. The van der Waals surface area contributed by atoms with E-state index in [1.54, 1.807) is 23.9 Å². The number of nitrogens with zero attached hydrogens (tertiary/aromatic N) is 3. The first kappa shape index (κ1) is 17.2. The number of rotatable bonds is 3. The number of anilines is 1. The van der Waals surface area contributed by atoms with Gasteiger partial charge in [-0.25, -0.2) is 8.42 Å². The molecule has 6 nitrogen and oxygen atoms in total. The van der Waals surface area contributed by atoms with Crippen LogP contribution in [-0.4, -0.2) is 23.2 Å². The predicted octanol–water partition coefficient (Wildman–Crippen LogP) is 3.10. The fourth-order valence-electron chi connectivity index (χ4n) is 2.44. The largest absolute Gasteiger partial charge is 0.417 e. The third-order valence-corrected chi connectivity index (χ3v) is 4.99. The highest BCUT2D eigenvalue weighted by molar-refractivity contribution is 7.92. The minimum atomic E-state index is -4.68. The van der Waals surface area contributed by atoms with Gasteiger partial charge in [0.25, 0.3) is 10.0 Å². The average molecular weight is 370 g/mol. The van der Waals surface area contributed by atoms with Crippen LogP contribution in [0.1, 0.15) is 11.3 Å². The van der Waals surface area contributed by atoms with Crippen molar-refractivity contribution in [2.24, 2.45) is 7.05 Å². The van der Waals surface area contributed by atoms with E-state index in [1.807, 2.05) is 6.92 Å². The van der Waals surface area contributed by atoms with Gasteiger partial charge in [0.2, 0.25) is 0 Å². The van der Waals surface area contributed by atoms with Crippen LogP contribution in [0.25, 0.3) is 10.9 Å². The second-order valence-corrected chi connectivity index (χ2v) is 7.14. The molecule has 10 heteroatoms. The smallest absolute Gasteiger partial charge is 0.280 e. The number of benzene rings is 1. The third kappa shape index (κ3) is 3.29. The van der Waals surface area contributed by atoms with Crippen LogP contribution < -0.4 is 4.72 Å². The molecule has 0 bridgehead atoms.